The molecule has 19 heavy (non-hydrogen) atoms. The molecule has 1 fully saturated rings. The largest absolute Gasteiger partial charge is 0.479 e. The van der Waals surface area contributed by atoms with E-state index < -0.39 is 12.0 Å². The minimum Gasteiger partial charge on any atom is -0.479 e. The van der Waals surface area contributed by atoms with Crippen molar-refractivity contribution in [1.82, 2.24) is 4.90 Å². The number of carbonyl (C=O) groups is 2. The fourth-order valence-corrected chi connectivity index (χ4v) is 2.97. The van der Waals surface area contributed by atoms with Gasteiger partial charge >= 0.3 is 5.97 Å². The van der Waals surface area contributed by atoms with E-state index in [2.05, 4.69) is 15.9 Å². The number of carboxylic acids is 1. The highest BCUT2D eigenvalue weighted by atomic mass is 79.9. The molecule has 2 rings (SSSR count). The van der Waals surface area contributed by atoms with Crippen molar-refractivity contribution in [1.29, 1.82) is 0 Å². The van der Waals surface area contributed by atoms with Crippen molar-refractivity contribution in [3.05, 3.63) is 33.8 Å². The number of amides is 1. The van der Waals surface area contributed by atoms with Gasteiger partial charge < -0.3 is 10.0 Å². The molecule has 1 saturated carbocycles. The third-order valence-electron chi connectivity index (χ3n) is 3.27. The van der Waals surface area contributed by atoms with Gasteiger partial charge in [-0.3, -0.25) is 4.79 Å². The molecule has 1 amide bonds. The summed E-state index contributed by atoms with van der Waals surface area (Å²) >= 11 is 3.40. The number of rotatable bonds is 4. The van der Waals surface area contributed by atoms with Gasteiger partial charge in [0, 0.05) is 23.0 Å². The van der Waals surface area contributed by atoms with Crippen LogP contribution in [0.2, 0.25) is 0 Å². The first-order valence-electron chi connectivity index (χ1n) is 6.19. The summed E-state index contributed by atoms with van der Waals surface area (Å²) in [6, 6.07) is 4.65. The van der Waals surface area contributed by atoms with Crippen molar-refractivity contribution in [2.24, 2.45) is 0 Å². The smallest absolute Gasteiger partial charge is 0.331 e. The van der Waals surface area contributed by atoms with Gasteiger partial charge in [0.05, 0.1) is 0 Å². The average molecular weight is 326 g/mol. The molecule has 0 bridgehead atoms. The van der Waals surface area contributed by atoms with E-state index in [4.69, 9.17) is 0 Å². The molecule has 1 unspecified atom stereocenters. The molecule has 1 aliphatic rings. The number of nitrogens with zero attached hydrogens (tertiary/aromatic N) is 1. The average Bonchev–Trinajstić information content (AvgIpc) is 3.10. The van der Waals surface area contributed by atoms with Crippen LogP contribution in [-0.4, -0.2) is 27.9 Å². The highest BCUT2D eigenvalue weighted by molar-refractivity contribution is 9.10. The second kappa shape index (κ2) is 5.33. The number of carbonyl (C=O) groups excluding carboxylic acids is 1. The van der Waals surface area contributed by atoms with Gasteiger partial charge in [-0.1, -0.05) is 28.1 Å². The van der Waals surface area contributed by atoms with Crippen molar-refractivity contribution in [2.75, 3.05) is 0 Å². The third kappa shape index (κ3) is 2.97. The van der Waals surface area contributed by atoms with Gasteiger partial charge in [-0.25, -0.2) is 4.79 Å². The lowest BCUT2D eigenvalue weighted by Crippen LogP contribution is -2.39. The molecule has 5 heteroatoms. The lowest BCUT2D eigenvalue weighted by atomic mass is 10.0. The van der Waals surface area contributed by atoms with E-state index in [9.17, 15) is 14.7 Å². The van der Waals surface area contributed by atoms with Gasteiger partial charge in [-0.05, 0) is 31.4 Å². The summed E-state index contributed by atoms with van der Waals surface area (Å²) in [5, 5.41) is 9.50. The molecule has 0 aromatic heterocycles. The molecule has 0 spiro atoms. The molecule has 0 radical (unpaired) electrons. The second-order valence-corrected chi connectivity index (χ2v) is 5.78. The number of aryl methyl sites for hydroxylation is 1. The van der Waals surface area contributed by atoms with Gasteiger partial charge in [0.2, 0.25) is 5.91 Å². The Balaban J connectivity index is 2.44. The quantitative estimate of drug-likeness (QED) is 0.926. The Morgan fingerprint density at radius 1 is 1.42 bits per heavy atom. The van der Waals surface area contributed by atoms with Crippen molar-refractivity contribution in [2.45, 2.75) is 38.8 Å². The first kappa shape index (κ1) is 14.1. The molecular formula is C14H16BrNO3. The van der Waals surface area contributed by atoms with Crippen molar-refractivity contribution >= 4 is 27.8 Å². The van der Waals surface area contributed by atoms with Crippen molar-refractivity contribution in [3.63, 3.8) is 0 Å². The third-order valence-corrected chi connectivity index (χ3v) is 3.95. The summed E-state index contributed by atoms with van der Waals surface area (Å²) in [5.41, 5.74) is 1.67. The fraction of sp³-hybridized carbons (Fsp3) is 0.429. The number of hydrogen-bond acceptors (Lipinski definition) is 2. The summed E-state index contributed by atoms with van der Waals surface area (Å²) in [6.07, 6.45) is 1.76. The van der Waals surface area contributed by atoms with Crippen LogP contribution in [0.5, 0.6) is 0 Å². The molecule has 1 N–H and O–H groups in total. The molecule has 1 atom stereocenters. The monoisotopic (exact) mass is 325 g/mol. The van der Waals surface area contributed by atoms with Crippen molar-refractivity contribution < 1.29 is 14.7 Å². The summed E-state index contributed by atoms with van der Waals surface area (Å²) < 4.78 is 0.729. The zero-order chi connectivity index (χ0) is 14.2. The highest BCUT2D eigenvalue weighted by Crippen LogP contribution is 2.37. The van der Waals surface area contributed by atoms with Crippen LogP contribution in [-0.2, 0) is 9.59 Å². The Kier molecular flexibility index (Phi) is 3.94. The van der Waals surface area contributed by atoms with E-state index in [1.165, 1.54) is 11.8 Å². The maximum Gasteiger partial charge on any atom is 0.331 e. The first-order valence-corrected chi connectivity index (χ1v) is 6.99. The van der Waals surface area contributed by atoms with Gasteiger partial charge in [-0.2, -0.15) is 0 Å². The van der Waals surface area contributed by atoms with Crippen LogP contribution in [0.15, 0.2) is 22.7 Å². The number of aliphatic carboxylic acids is 1. The predicted molar refractivity (Wildman–Crippen MR) is 74.8 cm³/mol. The molecule has 0 aliphatic heterocycles. The van der Waals surface area contributed by atoms with E-state index in [1.807, 2.05) is 19.1 Å². The number of benzene rings is 1. The Morgan fingerprint density at radius 3 is 2.47 bits per heavy atom. The van der Waals surface area contributed by atoms with Gasteiger partial charge in [-0.15, -0.1) is 0 Å². The molecule has 1 aromatic carbocycles. The van der Waals surface area contributed by atoms with Crippen molar-refractivity contribution in [3.8, 4) is 0 Å². The molecule has 0 saturated heterocycles. The van der Waals surface area contributed by atoms with E-state index >= 15 is 0 Å². The second-order valence-electron chi connectivity index (χ2n) is 4.92. The molecule has 4 nitrogen and oxygen atoms in total. The molecular weight excluding hydrogens is 310 g/mol. The van der Waals surface area contributed by atoms with Crippen LogP contribution < -0.4 is 0 Å². The normalized spacial score (nSPS) is 15.9. The maximum atomic E-state index is 11.8. The zero-order valence-corrected chi connectivity index (χ0v) is 12.5. The zero-order valence-electron chi connectivity index (χ0n) is 10.9. The topological polar surface area (TPSA) is 57.6 Å². The van der Waals surface area contributed by atoms with E-state index in [-0.39, 0.29) is 11.9 Å². The first-order chi connectivity index (χ1) is 8.91. The van der Waals surface area contributed by atoms with E-state index in [0.29, 0.717) is 5.56 Å². The van der Waals surface area contributed by atoms with Crippen LogP contribution in [0.1, 0.15) is 36.9 Å². The summed E-state index contributed by atoms with van der Waals surface area (Å²) in [4.78, 5) is 24.9. The van der Waals surface area contributed by atoms with E-state index in [0.717, 1.165) is 22.9 Å². The van der Waals surface area contributed by atoms with Crippen LogP contribution >= 0.6 is 15.9 Å². The summed E-state index contributed by atoms with van der Waals surface area (Å²) in [6.45, 7) is 3.37. The number of carboxylic acid groups (broad SMARTS) is 1. The summed E-state index contributed by atoms with van der Waals surface area (Å²) in [5.74, 6) is -1.19. The Morgan fingerprint density at radius 2 is 2.05 bits per heavy atom. The lowest BCUT2D eigenvalue weighted by Gasteiger charge is -2.29. The van der Waals surface area contributed by atoms with Crippen LogP contribution in [0.4, 0.5) is 0 Å². The van der Waals surface area contributed by atoms with Gasteiger partial charge in [0.1, 0.15) is 0 Å². The minimum atomic E-state index is -0.994. The Bertz CT molecular complexity index is 525. The maximum absolute atomic E-state index is 11.8. The molecule has 102 valence electrons. The Labute approximate surface area is 120 Å². The molecule has 0 heterocycles. The minimum absolute atomic E-state index is 0.0619. The van der Waals surface area contributed by atoms with Crippen LogP contribution in [0.25, 0.3) is 0 Å². The SMILES string of the molecule is CC(=O)N(C1CC1)C(C(=O)O)c1ccc(C)cc1Br. The van der Waals surface area contributed by atoms with Gasteiger partial charge in [0.15, 0.2) is 6.04 Å². The Hall–Kier alpha value is -1.36. The number of hydrogen-bond donors (Lipinski definition) is 1. The van der Waals surface area contributed by atoms with Crippen LogP contribution in [0, 0.1) is 6.92 Å². The standard InChI is InChI=1S/C14H16BrNO3/c1-8-3-6-11(12(15)7-8)13(14(18)19)16(9(2)17)10-4-5-10/h3,6-7,10,13H,4-5H2,1-2H3,(H,18,19). The van der Waals surface area contributed by atoms with Crippen LogP contribution in [0.3, 0.4) is 0 Å². The van der Waals surface area contributed by atoms with Gasteiger partial charge in [0.25, 0.3) is 0 Å². The predicted octanol–water partition coefficient (Wildman–Crippen LogP) is 2.89. The highest BCUT2D eigenvalue weighted by Gasteiger charge is 2.40. The number of halogens is 1. The van der Waals surface area contributed by atoms with E-state index in [1.54, 1.807) is 6.07 Å². The summed E-state index contributed by atoms with van der Waals surface area (Å²) in [7, 11) is 0. The molecule has 1 aliphatic carbocycles. The lowest BCUT2D eigenvalue weighted by molar-refractivity contribution is -0.150. The molecule has 1 aromatic rings. The fourth-order valence-electron chi connectivity index (χ4n) is 2.26.